The van der Waals surface area contributed by atoms with E-state index in [4.69, 9.17) is 10.00 Å². The van der Waals surface area contributed by atoms with Gasteiger partial charge < -0.3 is 10.1 Å². The lowest BCUT2D eigenvalue weighted by Crippen LogP contribution is -2.26. The van der Waals surface area contributed by atoms with Gasteiger partial charge in [-0.3, -0.25) is 0 Å². The molecule has 1 aliphatic rings. The Morgan fingerprint density at radius 2 is 2.25 bits per heavy atom. The molecule has 1 fully saturated rings. The van der Waals surface area contributed by atoms with E-state index in [-0.39, 0.29) is 0 Å². The van der Waals surface area contributed by atoms with Gasteiger partial charge >= 0.3 is 0 Å². The molecule has 108 valence electrons. The van der Waals surface area contributed by atoms with Crippen molar-refractivity contribution in [1.29, 1.82) is 5.26 Å². The summed E-state index contributed by atoms with van der Waals surface area (Å²) in [4.78, 5) is 0. The molecule has 1 aromatic rings. The Kier molecular flexibility index (Phi) is 5.43. The summed E-state index contributed by atoms with van der Waals surface area (Å²) < 4.78 is 5.24. The van der Waals surface area contributed by atoms with Crippen molar-refractivity contribution in [2.24, 2.45) is 11.8 Å². The summed E-state index contributed by atoms with van der Waals surface area (Å²) in [5.41, 5.74) is 1.77. The van der Waals surface area contributed by atoms with Crippen LogP contribution in [0.3, 0.4) is 0 Å². The van der Waals surface area contributed by atoms with Gasteiger partial charge in [0, 0.05) is 6.54 Å². The van der Waals surface area contributed by atoms with Gasteiger partial charge in [-0.2, -0.15) is 5.26 Å². The maximum absolute atomic E-state index is 8.97. The first-order chi connectivity index (χ1) is 9.72. The van der Waals surface area contributed by atoms with E-state index >= 15 is 0 Å². The van der Waals surface area contributed by atoms with Gasteiger partial charge in [0.25, 0.3) is 0 Å². The minimum atomic E-state index is 0.595. The first-order valence-electron chi connectivity index (χ1n) is 7.50. The monoisotopic (exact) mass is 272 g/mol. The zero-order chi connectivity index (χ0) is 14.4. The quantitative estimate of drug-likeness (QED) is 0.892. The molecule has 0 aliphatic heterocycles. The van der Waals surface area contributed by atoms with E-state index in [2.05, 4.69) is 18.3 Å². The fourth-order valence-electron chi connectivity index (χ4n) is 3.10. The molecular formula is C17H24N2O. The molecule has 0 heterocycles. The summed E-state index contributed by atoms with van der Waals surface area (Å²) in [5.74, 6) is 2.36. The van der Waals surface area contributed by atoms with Crippen LogP contribution in [0.1, 0.15) is 43.7 Å². The normalized spacial score (nSPS) is 22.2. The highest BCUT2D eigenvalue weighted by Gasteiger charge is 2.18. The van der Waals surface area contributed by atoms with Crippen molar-refractivity contribution in [2.45, 2.75) is 39.2 Å². The summed E-state index contributed by atoms with van der Waals surface area (Å²) in [5, 5.41) is 12.5. The molecule has 3 heteroatoms. The first-order valence-corrected chi connectivity index (χ1v) is 7.50. The number of nitriles is 1. The Bertz CT molecular complexity index is 478. The van der Waals surface area contributed by atoms with E-state index in [9.17, 15) is 0 Å². The summed E-state index contributed by atoms with van der Waals surface area (Å²) >= 11 is 0. The van der Waals surface area contributed by atoms with Crippen LogP contribution in [0.15, 0.2) is 18.2 Å². The topological polar surface area (TPSA) is 45.0 Å². The Morgan fingerprint density at radius 1 is 1.40 bits per heavy atom. The van der Waals surface area contributed by atoms with Crippen molar-refractivity contribution in [3.05, 3.63) is 29.3 Å². The number of nitrogens with one attached hydrogen (secondary N) is 1. The molecule has 2 rings (SSSR count). The van der Waals surface area contributed by atoms with E-state index in [1.165, 1.54) is 31.2 Å². The number of benzene rings is 1. The average molecular weight is 272 g/mol. The third-order valence-corrected chi connectivity index (χ3v) is 4.19. The molecule has 2 atom stereocenters. The van der Waals surface area contributed by atoms with Crippen LogP contribution in [0, 0.1) is 23.2 Å². The number of rotatable bonds is 5. The van der Waals surface area contributed by atoms with Crippen LogP contribution in [-0.4, -0.2) is 13.7 Å². The molecule has 1 N–H and O–H groups in total. The van der Waals surface area contributed by atoms with Crippen LogP contribution in [0.25, 0.3) is 0 Å². The minimum absolute atomic E-state index is 0.595. The summed E-state index contributed by atoms with van der Waals surface area (Å²) in [7, 11) is 1.61. The molecule has 0 saturated heterocycles. The van der Waals surface area contributed by atoms with Crippen molar-refractivity contribution in [3.63, 3.8) is 0 Å². The molecule has 0 amide bonds. The highest BCUT2D eigenvalue weighted by Crippen LogP contribution is 2.28. The zero-order valence-electron chi connectivity index (χ0n) is 12.5. The first kappa shape index (κ1) is 14.9. The number of methoxy groups -OCH3 is 1. The van der Waals surface area contributed by atoms with Crippen molar-refractivity contribution in [3.8, 4) is 11.8 Å². The van der Waals surface area contributed by atoms with Gasteiger partial charge in [-0.1, -0.05) is 25.8 Å². The highest BCUT2D eigenvalue weighted by atomic mass is 16.5. The van der Waals surface area contributed by atoms with Crippen LogP contribution in [0.2, 0.25) is 0 Å². The predicted octanol–water partition coefficient (Wildman–Crippen LogP) is 3.48. The van der Waals surface area contributed by atoms with Gasteiger partial charge in [0.05, 0.1) is 12.7 Å². The smallest absolute Gasteiger partial charge is 0.136 e. The molecule has 0 aromatic heterocycles. The lowest BCUT2D eigenvalue weighted by atomic mass is 9.82. The third-order valence-electron chi connectivity index (χ3n) is 4.19. The van der Waals surface area contributed by atoms with Crippen LogP contribution in [-0.2, 0) is 6.54 Å². The van der Waals surface area contributed by atoms with Gasteiger partial charge in [0.1, 0.15) is 11.8 Å². The van der Waals surface area contributed by atoms with Crippen LogP contribution in [0.5, 0.6) is 5.75 Å². The summed E-state index contributed by atoms with van der Waals surface area (Å²) in [6.45, 7) is 4.29. The minimum Gasteiger partial charge on any atom is -0.495 e. The molecule has 1 aromatic carbocycles. The van der Waals surface area contributed by atoms with Crippen LogP contribution >= 0.6 is 0 Å². The van der Waals surface area contributed by atoms with Crippen molar-refractivity contribution in [1.82, 2.24) is 5.32 Å². The van der Waals surface area contributed by atoms with Gasteiger partial charge in [-0.25, -0.2) is 0 Å². The molecule has 20 heavy (non-hydrogen) atoms. The second-order valence-electron chi connectivity index (χ2n) is 5.92. The summed E-state index contributed by atoms with van der Waals surface area (Å²) in [6, 6.07) is 7.92. The van der Waals surface area contributed by atoms with E-state index in [0.717, 1.165) is 24.9 Å². The SMILES string of the molecule is COc1cc(CNCC2CCCC(C)C2)ccc1C#N. The van der Waals surface area contributed by atoms with Gasteiger partial charge in [0.15, 0.2) is 0 Å². The molecular weight excluding hydrogens is 248 g/mol. The van der Waals surface area contributed by atoms with E-state index < -0.39 is 0 Å². The maximum Gasteiger partial charge on any atom is 0.136 e. The molecule has 1 saturated carbocycles. The maximum atomic E-state index is 8.97. The zero-order valence-corrected chi connectivity index (χ0v) is 12.5. The standard InChI is InChI=1S/C17H24N2O/c1-13-4-3-5-14(8-13)11-19-12-15-6-7-16(10-18)17(9-15)20-2/h6-7,9,13-14,19H,3-5,8,11-12H2,1-2H3. The Hall–Kier alpha value is -1.53. The number of hydrogen-bond acceptors (Lipinski definition) is 3. The number of hydrogen-bond donors (Lipinski definition) is 1. The van der Waals surface area contributed by atoms with Crippen molar-refractivity contribution in [2.75, 3.05) is 13.7 Å². The molecule has 3 nitrogen and oxygen atoms in total. The van der Waals surface area contributed by atoms with Crippen LogP contribution in [0.4, 0.5) is 0 Å². The van der Waals surface area contributed by atoms with Crippen LogP contribution < -0.4 is 10.1 Å². The fourth-order valence-corrected chi connectivity index (χ4v) is 3.10. The van der Waals surface area contributed by atoms with Crippen molar-refractivity contribution < 1.29 is 4.74 Å². The van der Waals surface area contributed by atoms with E-state index in [0.29, 0.717) is 11.3 Å². The lowest BCUT2D eigenvalue weighted by molar-refractivity contribution is 0.274. The third kappa shape index (κ3) is 3.98. The lowest BCUT2D eigenvalue weighted by Gasteiger charge is -2.26. The fraction of sp³-hybridized carbons (Fsp3) is 0.588. The van der Waals surface area contributed by atoms with Gasteiger partial charge in [-0.05, 0) is 48.9 Å². The molecule has 2 unspecified atom stereocenters. The Labute approximate surface area is 121 Å². The van der Waals surface area contributed by atoms with E-state index in [1.54, 1.807) is 7.11 Å². The largest absolute Gasteiger partial charge is 0.495 e. The highest BCUT2D eigenvalue weighted by molar-refractivity contribution is 5.45. The van der Waals surface area contributed by atoms with Crippen molar-refractivity contribution >= 4 is 0 Å². The second kappa shape index (κ2) is 7.31. The summed E-state index contributed by atoms with van der Waals surface area (Å²) in [6.07, 6.45) is 5.47. The number of nitrogens with zero attached hydrogens (tertiary/aromatic N) is 1. The van der Waals surface area contributed by atoms with E-state index in [1.807, 2.05) is 18.2 Å². The molecule has 0 radical (unpaired) electrons. The van der Waals surface area contributed by atoms with Gasteiger partial charge in [0.2, 0.25) is 0 Å². The molecule has 0 spiro atoms. The molecule has 0 bridgehead atoms. The number of ether oxygens (including phenoxy) is 1. The average Bonchev–Trinajstić information content (AvgIpc) is 2.47. The van der Waals surface area contributed by atoms with Gasteiger partial charge in [-0.15, -0.1) is 0 Å². The predicted molar refractivity (Wildman–Crippen MR) is 80.5 cm³/mol. The Morgan fingerprint density at radius 3 is 2.95 bits per heavy atom. The molecule has 1 aliphatic carbocycles. The Balaban J connectivity index is 1.83. The second-order valence-corrected chi connectivity index (χ2v) is 5.92.